The second-order valence-electron chi connectivity index (χ2n) is 8.06. The Kier molecular flexibility index (Phi) is 6.08. The third-order valence-electron chi connectivity index (χ3n) is 5.93. The van der Waals surface area contributed by atoms with Crippen molar-refractivity contribution in [2.24, 2.45) is 0 Å². The van der Waals surface area contributed by atoms with Crippen molar-refractivity contribution < 1.29 is 9.47 Å². The molecule has 1 aromatic heterocycles. The first-order valence-electron chi connectivity index (χ1n) is 11.1. The summed E-state index contributed by atoms with van der Waals surface area (Å²) < 4.78 is 14.2. The van der Waals surface area contributed by atoms with Crippen LogP contribution in [0.3, 0.4) is 0 Å². The summed E-state index contributed by atoms with van der Waals surface area (Å²) in [5, 5.41) is 0. The molecule has 170 valence electrons. The van der Waals surface area contributed by atoms with E-state index >= 15 is 0 Å². The molecule has 1 N–H and O–H groups in total. The van der Waals surface area contributed by atoms with Crippen molar-refractivity contribution in [1.82, 2.24) is 9.55 Å². The van der Waals surface area contributed by atoms with Crippen molar-refractivity contribution in [2.75, 3.05) is 6.61 Å². The van der Waals surface area contributed by atoms with Gasteiger partial charge in [-0.3, -0.25) is 14.3 Å². The monoisotopic (exact) mass is 452 g/mol. The summed E-state index contributed by atoms with van der Waals surface area (Å²) in [6.45, 7) is 0.254. The van der Waals surface area contributed by atoms with Gasteiger partial charge in [-0.2, -0.15) is 0 Å². The summed E-state index contributed by atoms with van der Waals surface area (Å²) in [7, 11) is 0. The summed E-state index contributed by atoms with van der Waals surface area (Å²) in [4.78, 5) is 25.8. The van der Waals surface area contributed by atoms with Crippen LogP contribution in [0.1, 0.15) is 22.9 Å². The molecule has 0 saturated heterocycles. The number of hydrogen-bond acceptors (Lipinski definition) is 4. The number of hydrogen-bond donors (Lipinski definition) is 1. The Balaban J connectivity index is 1.48. The average molecular weight is 453 g/mol. The van der Waals surface area contributed by atoms with E-state index in [1.54, 1.807) is 6.08 Å². The van der Waals surface area contributed by atoms with Gasteiger partial charge in [0.25, 0.3) is 5.56 Å². The van der Waals surface area contributed by atoms with E-state index in [1.807, 2.05) is 60.7 Å². The van der Waals surface area contributed by atoms with E-state index in [4.69, 9.17) is 9.47 Å². The maximum atomic E-state index is 12.2. The third-order valence-corrected chi connectivity index (χ3v) is 5.93. The maximum Gasteiger partial charge on any atom is 0.330 e. The van der Waals surface area contributed by atoms with Crippen LogP contribution in [0.4, 0.5) is 0 Å². The van der Waals surface area contributed by atoms with Gasteiger partial charge >= 0.3 is 5.69 Å². The van der Waals surface area contributed by atoms with E-state index < -0.39 is 23.1 Å². The lowest BCUT2D eigenvalue weighted by atomic mass is 9.80. The molecule has 0 fully saturated rings. The lowest BCUT2D eigenvalue weighted by Crippen LogP contribution is -2.36. The highest BCUT2D eigenvalue weighted by Crippen LogP contribution is 2.41. The second-order valence-corrected chi connectivity index (χ2v) is 8.06. The van der Waals surface area contributed by atoms with Gasteiger partial charge in [0.15, 0.2) is 6.23 Å². The molecule has 5 rings (SSSR count). The highest BCUT2D eigenvalue weighted by Gasteiger charge is 2.38. The molecule has 3 aromatic carbocycles. The zero-order valence-corrected chi connectivity index (χ0v) is 18.4. The predicted molar refractivity (Wildman–Crippen MR) is 130 cm³/mol. The van der Waals surface area contributed by atoms with Gasteiger partial charge in [0.2, 0.25) is 0 Å². The molecule has 0 bridgehead atoms. The first kappa shape index (κ1) is 21.8. The van der Waals surface area contributed by atoms with E-state index in [1.165, 1.54) is 16.8 Å². The summed E-state index contributed by atoms with van der Waals surface area (Å²) in [6, 6.07) is 31.7. The van der Waals surface area contributed by atoms with E-state index in [2.05, 4.69) is 41.4 Å². The quantitative estimate of drug-likeness (QED) is 0.340. The largest absolute Gasteiger partial charge is 0.358 e. The fourth-order valence-corrected chi connectivity index (χ4v) is 4.35. The van der Waals surface area contributed by atoms with Crippen molar-refractivity contribution in [3.8, 4) is 0 Å². The second kappa shape index (κ2) is 9.47. The summed E-state index contributed by atoms with van der Waals surface area (Å²) in [5.41, 5.74) is 1.19. The molecule has 0 unspecified atom stereocenters. The van der Waals surface area contributed by atoms with Crippen LogP contribution < -0.4 is 11.2 Å². The van der Waals surface area contributed by atoms with Gasteiger partial charge in [-0.15, -0.1) is 0 Å². The van der Waals surface area contributed by atoms with Crippen molar-refractivity contribution in [3.63, 3.8) is 0 Å². The Morgan fingerprint density at radius 2 is 1.29 bits per heavy atom. The molecular formula is C28H24N2O4. The zero-order chi connectivity index (χ0) is 23.4. The number of ether oxygens (including phenoxy) is 2. The molecule has 6 nitrogen and oxygen atoms in total. The van der Waals surface area contributed by atoms with Gasteiger partial charge in [0, 0.05) is 12.3 Å². The number of aromatic nitrogens is 2. The molecule has 0 saturated carbocycles. The fourth-order valence-electron chi connectivity index (χ4n) is 4.35. The van der Waals surface area contributed by atoms with Crippen LogP contribution in [-0.4, -0.2) is 22.3 Å². The number of H-pyrrole nitrogens is 1. The lowest BCUT2D eigenvalue weighted by molar-refractivity contribution is -0.0685. The Hall–Kier alpha value is -4.00. The van der Waals surface area contributed by atoms with Crippen LogP contribution >= 0.6 is 0 Å². The summed E-state index contributed by atoms with van der Waals surface area (Å²) in [5.74, 6) is 0. The highest BCUT2D eigenvalue weighted by molar-refractivity contribution is 5.47. The molecular weight excluding hydrogens is 428 g/mol. The van der Waals surface area contributed by atoms with Crippen LogP contribution in [-0.2, 0) is 15.1 Å². The molecule has 0 aliphatic carbocycles. The molecule has 2 atom stereocenters. The SMILES string of the molecule is O=c1ccn([C@@H]2C=C[C@H](COC(c3ccccc3)(c3ccccc3)c3ccccc3)O2)c(=O)[nH]1. The minimum atomic E-state index is -0.853. The minimum absolute atomic E-state index is 0.254. The van der Waals surface area contributed by atoms with Crippen LogP contribution in [0.25, 0.3) is 0 Å². The standard InChI is InChI=1S/C28H24N2O4/c31-25-18-19-30(27(32)29-25)26-17-16-24(34-26)20-33-28(21-10-4-1-5-11-21,22-12-6-2-7-13-22)23-14-8-3-9-15-23/h1-19,24,26H,20H2,(H,29,31,32)/t24-,26+/m1/s1. The molecule has 0 amide bonds. The van der Waals surface area contributed by atoms with E-state index in [9.17, 15) is 9.59 Å². The van der Waals surface area contributed by atoms with Gasteiger partial charge in [-0.05, 0) is 22.8 Å². The van der Waals surface area contributed by atoms with E-state index in [-0.39, 0.29) is 12.7 Å². The lowest BCUT2D eigenvalue weighted by Gasteiger charge is -2.36. The summed E-state index contributed by atoms with van der Waals surface area (Å²) in [6.07, 6.45) is 4.12. The van der Waals surface area contributed by atoms with Crippen molar-refractivity contribution in [3.05, 3.63) is 153 Å². The van der Waals surface area contributed by atoms with E-state index in [0.717, 1.165) is 16.7 Å². The zero-order valence-electron chi connectivity index (χ0n) is 18.4. The molecule has 6 heteroatoms. The van der Waals surface area contributed by atoms with Crippen LogP contribution in [0.5, 0.6) is 0 Å². The maximum absolute atomic E-state index is 12.2. The van der Waals surface area contributed by atoms with Gasteiger partial charge in [-0.25, -0.2) is 4.79 Å². The Morgan fingerprint density at radius 3 is 1.79 bits per heavy atom. The first-order chi connectivity index (χ1) is 16.7. The van der Waals surface area contributed by atoms with Crippen molar-refractivity contribution in [1.29, 1.82) is 0 Å². The number of nitrogens with one attached hydrogen (secondary N) is 1. The molecule has 1 aliphatic heterocycles. The average Bonchev–Trinajstić information content (AvgIpc) is 3.35. The predicted octanol–water partition coefficient (Wildman–Crippen LogP) is 4.00. The van der Waals surface area contributed by atoms with Gasteiger partial charge in [0.05, 0.1) is 6.61 Å². The van der Waals surface area contributed by atoms with Gasteiger partial charge < -0.3 is 9.47 Å². The molecule has 0 spiro atoms. The molecule has 0 radical (unpaired) electrons. The normalized spacial score (nSPS) is 17.6. The van der Waals surface area contributed by atoms with Crippen molar-refractivity contribution >= 4 is 0 Å². The third kappa shape index (κ3) is 4.17. The van der Waals surface area contributed by atoms with Crippen LogP contribution in [0.2, 0.25) is 0 Å². The van der Waals surface area contributed by atoms with Crippen molar-refractivity contribution in [2.45, 2.75) is 17.9 Å². The summed E-state index contributed by atoms with van der Waals surface area (Å²) >= 11 is 0. The fraction of sp³-hybridized carbons (Fsp3) is 0.143. The number of nitrogens with zero attached hydrogens (tertiary/aromatic N) is 1. The smallest absolute Gasteiger partial charge is 0.330 e. The minimum Gasteiger partial charge on any atom is -0.358 e. The molecule has 4 aromatic rings. The van der Waals surface area contributed by atoms with E-state index in [0.29, 0.717) is 0 Å². The number of benzene rings is 3. The Morgan fingerprint density at radius 1 is 0.765 bits per heavy atom. The highest BCUT2D eigenvalue weighted by atomic mass is 16.6. The van der Waals surface area contributed by atoms with Crippen LogP contribution in [0.15, 0.2) is 125 Å². The topological polar surface area (TPSA) is 73.3 Å². The Labute approximate surface area is 196 Å². The first-order valence-corrected chi connectivity index (χ1v) is 11.1. The number of aromatic amines is 1. The molecule has 34 heavy (non-hydrogen) atoms. The molecule has 2 heterocycles. The number of rotatable bonds is 7. The molecule has 1 aliphatic rings. The Bertz CT molecular complexity index is 1280. The van der Waals surface area contributed by atoms with Crippen LogP contribution in [0, 0.1) is 0 Å². The van der Waals surface area contributed by atoms with Gasteiger partial charge in [-0.1, -0.05) is 97.1 Å². The van der Waals surface area contributed by atoms with Gasteiger partial charge in [0.1, 0.15) is 11.7 Å².